The Hall–Kier alpha value is -1.87. The van der Waals surface area contributed by atoms with Crippen molar-refractivity contribution in [3.05, 3.63) is 59.4 Å². The summed E-state index contributed by atoms with van der Waals surface area (Å²) in [5, 5.41) is 0. The van der Waals surface area contributed by atoms with Crippen LogP contribution in [0.2, 0.25) is 0 Å². The van der Waals surface area contributed by atoms with E-state index in [1.807, 2.05) is 18.5 Å². The summed E-state index contributed by atoms with van der Waals surface area (Å²) in [6.45, 7) is 3.10. The molecular formula is C15H17N3. The maximum Gasteiger partial charge on any atom is 0.0316 e. The predicted molar refractivity (Wildman–Crippen MR) is 72.9 cm³/mol. The number of hydrogen-bond acceptors (Lipinski definition) is 3. The van der Waals surface area contributed by atoms with Gasteiger partial charge in [-0.1, -0.05) is 6.07 Å². The molecule has 0 fully saturated rings. The van der Waals surface area contributed by atoms with E-state index in [1.54, 1.807) is 0 Å². The van der Waals surface area contributed by atoms with Crippen LogP contribution in [0, 0.1) is 0 Å². The number of nitrogens with zero attached hydrogens (tertiary/aromatic N) is 2. The van der Waals surface area contributed by atoms with Crippen LogP contribution in [-0.4, -0.2) is 16.4 Å². The summed E-state index contributed by atoms with van der Waals surface area (Å²) >= 11 is 0. The number of benzene rings is 1. The summed E-state index contributed by atoms with van der Waals surface area (Å²) in [6.07, 6.45) is 4.80. The van der Waals surface area contributed by atoms with E-state index in [1.165, 1.54) is 16.7 Å². The number of hydrogen-bond donors (Lipinski definition) is 1. The van der Waals surface area contributed by atoms with Gasteiger partial charge in [-0.3, -0.25) is 9.88 Å². The lowest BCUT2D eigenvalue weighted by atomic mass is 9.99. The van der Waals surface area contributed by atoms with Gasteiger partial charge in [-0.05, 0) is 47.4 Å². The van der Waals surface area contributed by atoms with E-state index in [2.05, 4.69) is 34.1 Å². The number of nitrogens with two attached hydrogens (primary N) is 1. The third-order valence-corrected chi connectivity index (χ3v) is 3.48. The van der Waals surface area contributed by atoms with Crippen LogP contribution in [-0.2, 0) is 19.5 Å². The van der Waals surface area contributed by atoms with Crippen molar-refractivity contribution in [3.63, 3.8) is 0 Å². The molecule has 18 heavy (non-hydrogen) atoms. The maximum atomic E-state index is 5.82. The molecule has 0 saturated carbocycles. The second-order valence-electron chi connectivity index (χ2n) is 4.84. The van der Waals surface area contributed by atoms with Gasteiger partial charge in [0, 0.05) is 37.7 Å². The van der Waals surface area contributed by atoms with E-state index in [4.69, 9.17) is 5.73 Å². The summed E-state index contributed by atoms with van der Waals surface area (Å²) in [7, 11) is 0. The Morgan fingerprint density at radius 3 is 2.78 bits per heavy atom. The molecule has 1 aromatic carbocycles. The summed E-state index contributed by atoms with van der Waals surface area (Å²) in [5.74, 6) is 0. The standard InChI is InChI=1S/C15H17N3/c16-15-2-1-14-11-18(8-5-13(14)9-15)10-12-3-6-17-7-4-12/h1-4,6-7,9H,5,8,10-11,16H2. The van der Waals surface area contributed by atoms with Crippen molar-refractivity contribution < 1.29 is 0 Å². The van der Waals surface area contributed by atoms with Crippen LogP contribution in [0.5, 0.6) is 0 Å². The Morgan fingerprint density at radius 1 is 1.11 bits per heavy atom. The van der Waals surface area contributed by atoms with Gasteiger partial charge >= 0.3 is 0 Å². The van der Waals surface area contributed by atoms with Crippen LogP contribution in [0.1, 0.15) is 16.7 Å². The third-order valence-electron chi connectivity index (χ3n) is 3.48. The molecule has 0 unspecified atom stereocenters. The number of rotatable bonds is 2. The fourth-order valence-electron chi connectivity index (χ4n) is 2.51. The maximum absolute atomic E-state index is 5.82. The number of aromatic nitrogens is 1. The predicted octanol–water partition coefficient (Wildman–Crippen LogP) is 2.22. The Labute approximate surface area is 107 Å². The topological polar surface area (TPSA) is 42.1 Å². The quantitative estimate of drug-likeness (QED) is 0.817. The molecule has 0 radical (unpaired) electrons. The Bertz CT molecular complexity index is 537. The van der Waals surface area contributed by atoms with E-state index in [0.29, 0.717) is 0 Å². The lowest BCUT2D eigenvalue weighted by Gasteiger charge is -2.28. The first-order valence-corrected chi connectivity index (χ1v) is 6.30. The molecule has 2 aromatic rings. The normalized spacial score (nSPS) is 15.3. The minimum Gasteiger partial charge on any atom is -0.399 e. The van der Waals surface area contributed by atoms with Crippen molar-refractivity contribution in [1.82, 2.24) is 9.88 Å². The molecule has 1 aromatic heterocycles. The molecule has 0 atom stereocenters. The summed E-state index contributed by atoms with van der Waals surface area (Å²) < 4.78 is 0. The lowest BCUT2D eigenvalue weighted by molar-refractivity contribution is 0.245. The average Bonchev–Trinajstić information content (AvgIpc) is 2.40. The number of nitrogen functional groups attached to an aromatic ring is 1. The molecule has 1 aliphatic heterocycles. The molecule has 0 amide bonds. The van der Waals surface area contributed by atoms with E-state index < -0.39 is 0 Å². The van der Waals surface area contributed by atoms with E-state index in [-0.39, 0.29) is 0 Å². The zero-order valence-electron chi connectivity index (χ0n) is 10.3. The van der Waals surface area contributed by atoms with Gasteiger partial charge in [0.2, 0.25) is 0 Å². The van der Waals surface area contributed by atoms with E-state index >= 15 is 0 Å². The molecule has 2 heterocycles. The first-order valence-electron chi connectivity index (χ1n) is 6.30. The molecule has 0 spiro atoms. The fraction of sp³-hybridized carbons (Fsp3) is 0.267. The van der Waals surface area contributed by atoms with Crippen molar-refractivity contribution in [2.45, 2.75) is 19.5 Å². The van der Waals surface area contributed by atoms with Crippen LogP contribution >= 0.6 is 0 Å². The van der Waals surface area contributed by atoms with Crippen molar-refractivity contribution >= 4 is 5.69 Å². The largest absolute Gasteiger partial charge is 0.399 e. The van der Waals surface area contributed by atoms with Crippen molar-refractivity contribution in [2.75, 3.05) is 12.3 Å². The summed E-state index contributed by atoms with van der Waals surface area (Å²) in [6, 6.07) is 10.4. The number of fused-ring (bicyclic) bond motifs is 1. The van der Waals surface area contributed by atoms with Crippen LogP contribution < -0.4 is 5.73 Å². The van der Waals surface area contributed by atoms with Crippen molar-refractivity contribution in [3.8, 4) is 0 Å². The zero-order chi connectivity index (χ0) is 12.4. The average molecular weight is 239 g/mol. The Balaban J connectivity index is 1.73. The van der Waals surface area contributed by atoms with Crippen molar-refractivity contribution in [1.29, 1.82) is 0 Å². The van der Waals surface area contributed by atoms with Crippen LogP contribution in [0.25, 0.3) is 0 Å². The van der Waals surface area contributed by atoms with Crippen LogP contribution in [0.4, 0.5) is 5.69 Å². The van der Waals surface area contributed by atoms with Gasteiger partial charge in [0.15, 0.2) is 0 Å². The third kappa shape index (κ3) is 2.36. The molecule has 2 N–H and O–H groups in total. The van der Waals surface area contributed by atoms with Gasteiger partial charge < -0.3 is 5.73 Å². The smallest absolute Gasteiger partial charge is 0.0316 e. The van der Waals surface area contributed by atoms with Gasteiger partial charge in [-0.25, -0.2) is 0 Å². The second kappa shape index (κ2) is 4.78. The van der Waals surface area contributed by atoms with E-state index in [9.17, 15) is 0 Å². The van der Waals surface area contributed by atoms with Gasteiger partial charge in [-0.2, -0.15) is 0 Å². The summed E-state index contributed by atoms with van der Waals surface area (Å²) in [5.41, 5.74) is 10.8. The first-order chi connectivity index (χ1) is 8.81. The highest BCUT2D eigenvalue weighted by atomic mass is 15.1. The first kappa shape index (κ1) is 11.2. The van der Waals surface area contributed by atoms with Gasteiger partial charge in [0.25, 0.3) is 0 Å². The minimum atomic E-state index is 0.872. The lowest BCUT2D eigenvalue weighted by Crippen LogP contribution is -2.30. The SMILES string of the molecule is Nc1ccc2c(c1)CCN(Cc1ccncc1)C2. The number of pyridine rings is 1. The second-order valence-corrected chi connectivity index (χ2v) is 4.84. The van der Waals surface area contributed by atoms with Gasteiger partial charge in [0.1, 0.15) is 0 Å². The Morgan fingerprint density at radius 2 is 1.94 bits per heavy atom. The molecule has 0 saturated heterocycles. The molecular weight excluding hydrogens is 222 g/mol. The molecule has 1 aliphatic rings. The Kier molecular flexibility index (Phi) is 2.99. The molecule has 92 valence electrons. The molecule has 3 rings (SSSR count). The zero-order valence-corrected chi connectivity index (χ0v) is 10.3. The molecule has 0 bridgehead atoms. The highest BCUT2D eigenvalue weighted by Gasteiger charge is 2.16. The highest BCUT2D eigenvalue weighted by molar-refractivity contribution is 5.45. The fourth-order valence-corrected chi connectivity index (χ4v) is 2.51. The summed E-state index contributed by atoms with van der Waals surface area (Å²) in [4.78, 5) is 6.52. The van der Waals surface area contributed by atoms with E-state index in [0.717, 1.165) is 31.7 Å². The molecule has 3 nitrogen and oxygen atoms in total. The van der Waals surface area contributed by atoms with Crippen LogP contribution in [0.15, 0.2) is 42.7 Å². The van der Waals surface area contributed by atoms with Crippen LogP contribution in [0.3, 0.4) is 0 Å². The van der Waals surface area contributed by atoms with Gasteiger partial charge in [-0.15, -0.1) is 0 Å². The molecule has 3 heteroatoms. The van der Waals surface area contributed by atoms with Crippen molar-refractivity contribution in [2.24, 2.45) is 0 Å². The monoisotopic (exact) mass is 239 g/mol. The molecule has 0 aliphatic carbocycles. The minimum absolute atomic E-state index is 0.872. The highest BCUT2D eigenvalue weighted by Crippen LogP contribution is 2.22. The number of anilines is 1. The van der Waals surface area contributed by atoms with Gasteiger partial charge in [0.05, 0.1) is 0 Å².